The molecule has 0 unspecified atom stereocenters. The zero-order valence-electron chi connectivity index (χ0n) is 13.1. The minimum atomic E-state index is -0.00929. The third-order valence-corrected chi connectivity index (χ3v) is 4.31. The molecule has 0 aliphatic heterocycles. The highest BCUT2D eigenvalue weighted by molar-refractivity contribution is 9.10. The van der Waals surface area contributed by atoms with Crippen molar-refractivity contribution in [2.45, 2.75) is 57.8 Å². The van der Waals surface area contributed by atoms with Gasteiger partial charge in [0.15, 0.2) is 0 Å². The van der Waals surface area contributed by atoms with Crippen molar-refractivity contribution < 1.29 is 4.79 Å². The summed E-state index contributed by atoms with van der Waals surface area (Å²) in [6, 6.07) is 9.66. The number of hydrogen-bond donors (Lipinski definition) is 1. The molecule has 0 aliphatic carbocycles. The van der Waals surface area contributed by atoms with Crippen molar-refractivity contribution in [3.63, 3.8) is 0 Å². The third kappa shape index (κ3) is 8.19. The molecule has 4 heteroatoms. The lowest BCUT2D eigenvalue weighted by Crippen LogP contribution is -2.24. The molecule has 0 radical (unpaired) electrons. The quantitative estimate of drug-likeness (QED) is 0.547. The minimum absolute atomic E-state index is 0.00929. The van der Waals surface area contributed by atoms with E-state index in [0.29, 0.717) is 12.0 Å². The standard InChI is InChI=1S/C18H25BrN2O/c19-17-13-9-8-12-16(17)18(22)21-15-11-7-5-3-1-2-4-6-10-14-20/h8-9,12-13H,1-7,10-11,15H2,(H,21,22). The van der Waals surface area contributed by atoms with Gasteiger partial charge in [0.1, 0.15) is 0 Å². The van der Waals surface area contributed by atoms with E-state index in [0.717, 1.165) is 30.3 Å². The van der Waals surface area contributed by atoms with E-state index in [1.54, 1.807) is 0 Å². The number of nitriles is 1. The highest BCUT2D eigenvalue weighted by Crippen LogP contribution is 2.15. The van der Waals surface area contributed by atoms with E-state index in [9.17, 15) is 4.79 Å². The van der Waals surface area contributed by atoms with Crippen molar-refractivity contribution in [1.82, 2.24) is 5.32 Å². The lowest BCUT2D eigenvalue weighted by Gasteiger charge is -2.06. The van der Waals surface area contributed by atoms with Gasteiger partial charge < -0.3 is 5.32 Å². The summed E-state index contributed by atoms with van der Waals surface area (Å²) in [4.78, 5) is 12.0. The Morgan fingerprint density at radius 2 is 1.59 bits per heavy atom. The number of carbonyl (C=O) groups excluding carboxylic acids is 1. The van der Waals surface area contributed by atoms with E-state index in [-0.39, 0.29) is 5.91 Å². The van der Waals surface area contributed by atoms with E-state index >= 15 is 0 Å². The van der Waals surface area contributed by atoms with E-state index in [2.05, 4.69) is 27.3 Å². The number of carbonyl (C=O) groups is 1. The fourth-order valence-corrected chi connectivity index (χ4v) is 2.80. The second kappa shape index (κ2) is 12.2. The van der Waals surface area contributed by atoms with Crippen LogP contribution >= 0.6 is 15.9 Å². The molecule has 3 nitrogen and oxygen atoms in total. The number of rotatable bonds is 11. The first-order chi connectivity index (χ1) is 10.8. The van der Waals surface area contributed by atoms with Gasteiger partial charge in [-0.25, -0.2) is 0 Å². The molecule has 1 aromatic carbocycles. The average Bonchev–Trinajstić information content (AvgIpc) is 2.53. The highest BCUT2D eigenvalue weighted by Gasteiger charge is 2.07. The molecule has 1 aromatic rings. The maximum Gasteiger partial charge on any atom is 0.252 e. The average molecular weight is 365 g/mol. The van der Waals surface area contributed by atoms with E-state index < -0.39 is 0 Å². The summed E-state index contributed by atoms with van der Waals surface area (Å²) in [5.41, 5.74) is 0.694. The van der Waals surface area contributed by atoms with Crippen molar-refractivity contribution in [3.05, 3.63) is 34.3 Å². The van der Waals surface area contributed by atoms with Crippen molar-refractivity contribution in [2.75, 3.05) is 6.54 Å². The van der Waals surface area contributed by atoms with Gasteiger partial charge in [-0.1, -0.05) is 50.7 Å². The number of benzene rings is 1. The molecular formula is C18H25BrN2O. The molecule has 0 saturated carbocycles. The van der Waals surface area contributed by atoms with Gasteiger partial charge in [0, 0.05) is 17.4 Å². The maximum absolute atomic E-state index is 12.0. The topological polar surface area (TPSA) is 52.9 Å². The summed E-state index contributed by atoms with van der Waals surface area (Å²) in [7, 11) is 0. The summed E-state index contributed by atoms with van der Waals surface area (Å²) in [5, 5.41) is 11.4. The molecule has 0 atom stereocenters. The summed E-state index contributed by atoms with van der Waals surface area (Å²) in [5.74, 6) is -0.00929. The summed E-state index contributed by atoms with van der Waals surface area (Å²) in [6.45, 7) is 0.738. The maximum atomic E-state index is 12.0. The molecule has 1 amide bonds. The smallest absolute Gasteiger partial charge is 0.252 e. The van der Waals surface area contributed by atoms with Crippen LogP contribution in [0.1, 0.15) is 68.1 Å². The lowest BCUT2D eigenvalue weighted by molar-refractivity contribution is 0.0952. The Labute approximate surface area is 142 Å². The van der Waals surface area contributed by atoms with Crippen LogP contribution in [0.15, 0.2) is 28.7 Å². The van der Waals surface area contributed by atoms with Crippen LogP contribution in [0.5, 0.6) is 0 Å². The van der Waals surface area contributed by atoms with Gasteiger partial charge in [-0.15, -0.1) is 0 Å². The van der Waals surface area contributed by atoms with Crippen molar-refractivity contribution in [2.24, 2.45) is 0 Å². The Kier molecular flexibility index (Phi) is 10.4. The number of nitrogens with zero attached hydrogens (tertiary/aromatic N) is 1. The number of hydrogen-bond acceptors (Lipinski definition) is 2. The number of nitrogens with one attached hydrogen (secondary N) is 1. The zero-order valence-corrected chi connectivity index (χ0v) is 14.7. The predicted octanol–water partition coefficient (Wildman–Crippen LogP) is 5.21. The Bertz CT molecular complexity index is 482. The molecule has 120 valence electrons. The van der Waals surface area contributed by atoms with Crippen LogP contribution in [0.3, 0.4) is 0 Å². The van der Waals surface area contributed by atoms with Crippen LogP contribution in [0.4, 0.5) is 0 Å². The molecule has 1 rings (SSSR count). The van der Waals surface area contributed by atoms with Gasteiger partial charge in [0.25, 0.3) is 5.91 Å². The first-order valence-corrected chi connectivity index (χ1v) is 8.94. The van der Waals surface area contributed by atoms with E-state index in [1.807, 2.05) is 24.3 Å². The monoisotopic (exact) mass is 364 g/mol. The molecule has 0 bridgehead atoms. The van der Waals surface area contributed by atoms with Crippen LogP contribution in [0, 0.1) is 11.3 Å². The molecule has 0 saturated heterocycles. The van der Waals surface area contributed by atoms with E-state index in [4.69, 9.17) is 5.26 Å². The first-order valence-electron chi connectivity index (χ1n) is 8.15. The van der Waals surface area contributed by atoms with Gasteiger partial charge in [0.05, 0.1) is 11.6 Å². The molecular weight excluding hydrogens is 340 g/mol. The van der Waals surface area contributed by atoms with Crippen LogP contribution in [-0.2, 0) is 0 Å². The molecule has 1 N–H and O–H groups in total. The van der Waals surface area contributed by atoms with Gasteiger partial charge >= 0.3 is 0 Å². The van der Waals surface area contributed by atoms with Crippen LogP contribution < -0.4 is 5.32 Å². The number of unbranched alkanes of at least 4 members (excludes halogenated alkanes) is 8. The fraction of sp³-hybridized carbons (Fsp3) is 0.556. The summed E-state index contributed by atoms with van der Waals surface area (Å²) in [6.07, 6.45) is 10.1. The SMILES string of the molecule is N#CCCCCCCCCCCNC(=O)c1ccccc1Br. The Morgan fingerprint density at radius 1 is 1.00 bits per heavy atom. The summed E-state index contributed by atoms with van der Waals surface area (Å²) >= 11 is 3.39. The Balaban J connectivity index is 1.97. The zero-order chi connectivity index (χ0) is 16.0. The van der Waals surface area contributed by atoms with Crippen LogP contribution in [0.2, 0.25) is 0 Å². The van der Waals surface area contributed by atoms with E-state index in [1.165, 1.54) is 32.1 Å². The largest absolute Gasteiger partial charge is 0.352 e. The number of halogens is 1. The van der Waals surface area contributed by atoms with Crippen LogP contribution in [0.25, 0.3) is 0 Å². The van der Waals surface area contributed by atoms with Gasteiger partial charge in [-0.3, -0.25) is 4.79 Å². The molecule has 0 heterocycles. The van der Waals surface area contributed by atoms with Crippen molar-refractivity contribution >= 4 is 21.8 Å². The van der Waals surface area contributed by atoms with Gasteiger partial charge in [0.2, 0.25) is 0 Å². The van der Waals surface area contributed by atoms with Gasteiger partial charge in [-0.05, 0) is 40.9 Å². The third-order valence-electron chi connectivity index (χ3n) is 3.62. The van der Waals surface area contributed by atoms with Crippen molar-refractivity contribution in [3.8, 4) is 6.07 Å². The Hall–Kier alpha value is -1.34. The lowest BCUT2D eigenvalue weighted by atomic mass is 10.1. The Morgan fingerprint density at radius 3 is 2.23 bits per heavy atom. The fourth-order valence-electron chi connectivity index (χ4n) is 2.33. The molecule has 0 spiro atoms. The second-order valence-electron chi connectivity index (χ2n) is 5.47. The summed E-state index contributed by atoms with van der Waals surface area (Å²) < 4.78 is 0.837. The van der Waals surface area contributed by atoms with Crippen molar-refractivity contribution in [1.29, 1.82) is 5.26 Å². The van der Waals surface area contributed by atoms with Crippen LogP contribution in [-0.4, -0.2) is 12.5 Å². The minimum Gasteiger partial charge on any atom is -0.352 e. The second-order valence-corrected chi connectivity index (χ2v) is 6.33. The first kappa shape index (κ1) is 18.7. The van der Waals surface area contributed by atoms with Gasteiger partial charge in [-0.2, -0.15) is 5.26 Å². The molecule has 0 aromatic heterocycles. The molecule has 0 fully saturated rings. The molecule has 22 heavy (non-hydrogen) atoms. The predicted molar refractivity (Wildman–Crippen MR) is 93.6 cm³/mol. The molecule has 0 aliphatic rings. The highest BCUT2D eigenvalue weighted by atomic mass is 79.9. The number of amides is 1. The normalized spacial score (nSPS) is 10.2.